The molecule has 0 radical (unpaired) electrons. The molecule has 1 amide bonds. The first-order valence-electron chi connectivity index (χ1n) is 10.8. The fourth-order valence-electron chi connectivity index (χ4n) is 4.86. The van der Waals surface area contributed by atoms with Gasteiger partial charge in [0.05, 0.1) is 11.6 Å². The van der Waals surface area contributed by atoms with Crippen LogP contribution >= 0.6 is 0 Å². The number of benzene rings is 1. The predicted octanol–water partition coefficient (Wildman–Crippen LogP) is 3.51. The molecule has 1 aliphatic rings. The lowest BCUT2D eigenvalue weighted by Gasteiger charge is -2.35. The quantitative estimate of drug-likeness (QED) is 0.644. The van der Waals surface area contributed by atoms with Gasteiger partial charge in [-0.1, -0.05) is 26.0 Å². The smallest absolute Gasteiger partial charge is 0.276 e. The van der Waals surface area contributed by atoms with E-state index in [4.69, 9.17) is 0 Å². The molecule has 2 atom stereocenters. The Kier molecular flexibility index (Phi) is 5.69. The Balaban J connectivity index is 1.64. The summed E-state index contributed by atoms with van der Waals surface area (Å²) in [5, 5.41) is 5.68. The van der Waals surface area contributed by atoms with Crippen LogP contribution in [0.5, 0.6) is 0 Å². The van der Waals surface area contributed by atoms with Crippen molar-refractivity contribution in [1.82, 2.24) is 19.2 Å². The van der Waals surface area contributed by atoms with Crippen molar-refractivity contribution < 1.29 is 9.18 Å². The molecule has 1 saturated heterocycles. The van der Waals surface area contributed by atoms with E-state index in [0.717, 1.165) is 41.8 Å². The second-order valence-corrected chi connectivity index (χ2v) is 9.02. The van der Waals surface area contributed by atoms with E-state index >= 15 is 0 Å². The van der Waals surface area contributed by atoms with Gasteiger partial charge in [-0.2, -0.15) is 5.10 Å². The molecule has 7 heteroatoms. The molecule has 1 aromatic carbocycles. The molecular formula is C24H29FN4O2. The van der Waals surface area contributed by atoms with Gasteiger partial charge in [-0.25, -0.2) is 9.07 Å². The number of amides is 1. The summed E-state index contributed by atoms with van der Waals surface area (Å²) >= 11 is 0. The van der Waals surface area contributed by atoms with Crippen LogP contribution < -0.4 is 5.56 Å². The lowest BCUT2D eigenvalue weighted by Crippen LogP contribution is -2.45. The maximum Gasteiger partial charge on any atom is 0.276 e. The number of fused-ring (bicyclic) bond motifs is 1. The third kappa shape index (κ3) is 4.13. The lowest BCUT2D eigenvalue weighted by molar-refractivity contribution is -0.134. The van der Waals surface area contributed by atoms with E-state index in [1.807, 2.05) is 23.3 Å². The number of hydrogen-bond donors (Lipinski definition) is 0. The van der Waals surface area contributed by atoms with Crippen molar-refractivity contribution >= 4 is 16.7 Å². The Morgan fingerprint density at radius 2 is 1.74 bits per heavy atom. The number of carbonyl (C=O) groups excluding carboxylic acids is 1. The first kappa shape index (κ1) is 21.3. The summed E-state index contributed by atoms with van der Waals surface area (Å²) in [6.07, 6.45) is 2.79. The Hall–Kier alpha value is -2.96. The molecule has 3 aromatic rings. The van der Waals surface area contributed by atoms with E-state index in [2.05, 4.69) is 18.9 Å². The SMILES string of the molecule is Cc1c2cnn(CC(=O)N3CC(C)CC(C)C3)c(=O)c2c(C)n1Cc1ccc(F)cc1. The number of rotatable bonds is 4. The average Bonchev–Trinajstić information content (AvgIpc) is 2.96. The number of aromatic nitrogens is 3. The number of nitrogens with zero attached hydrogens (tertiary/aromatic N) is 4. The average molecular weight is 425 g/mol. The first-order chi connectivity index (χ1) is 14.7. The van der Waals surface area contributed by atoms with Crippen molar-refractivity contribution in [2.24, 2.45) is 11.8 Å². The number of hydrogen-bond acceptors (Lipinski definition) is 3. The highest BCUT2D eigenvalue weighted by Crippen LogP contribution is 2.24. The number of piperidine rings is 1. The molecule has 3 heterocycles. The minimum absolute atomic E-state index is 0.0458. The Morgan fingerprint density at radius 1 is 1.10 bits per heavy atom. The largest absolute Gasteiger partial charge is 0.343 e. The van der Waals surface area contributed by atoms with Gasteiger partial charge in [0.25, 0.3) is 5.56 Å². The Labute approximate surface area is 181 Å². The van der Waals surface area contributed by atoms with Gasteiger partial charge in [-0.05, 0) is 49.8 Å². The third-order valence-corrected chi connectivity index (χ3v) is 6.37. The summed E-state index contributed by atoms with van der Waals surface area (Å²) < 4.78 is 16.6. The molecule has 0 aliphatic carbocycles. The summed E-state index contributed by atoms with van der Waals surface area (Å²) in [5.41, 5.74) is 2.45. The molecule has 0 saturated carbocycles. The van der Waals surface area contributed by atoms with Crippen LogP contribution in [-0.2, 0) is 17.9 Å². The van der Waals surface area contributed by atoms with E-state index in [1.54, 1.807) is 18.3 Å². The van der Waals surface area contributed by atoms with Crippen LogP contribution in [0.25, 0.3) is 10.8 Å². The highest BCUT2D eigenvalue weighted by Gasteiger charge is 2.26. The molecule has 6 nitrogen and oxygen atoms in total. The van der Waals surface area contributed by atoms with E-state index in [1.165, 1.54) is 16.8 Å². The molecule has 2 unspecified atom stereocenters. The maximum absolute atomic E-state index is 13.2. The summed E-state index contributed by atoms with van der Waals surface area (Å²) in [6.45, 7) is 10.1. The van der Waals surface area contributed by atoms with Gasteiger partial charge in [0.2, 0.25) is 5.91 Å². The molecule has 1 aliphatic heterocycles. The number of halogens is 1. The van der Waals surface area contributed by atoms with Gasteiger partial charge in [-0.3, -0.25) is 9.59 Å². The van der Waals surface area contributed by atoms with Gasteiger partial charge in [-0.15, -0.1) is 0 Å². The molecule has 31 heavy (non-hydrogen) atoms. The fraction of sp³-hybridized carbons (Fsp3) is 0.458. The van der Waals surface area contributed by atoms with Crippen molar-refractivity contribution in [3.05, 3.63) is 63.6 Å². The first-order valence-corrected chi connectivity index (χ1v) is 10.8. The molecule has 1 fully saturated rings. The summed E-state index contributed by atoms with van der Waals surface area (Å²) in [5.74, 6) is 0.590. The standard InChI is InChI=1S/C24H29FN4O2/c1-15-9-16(2)12-27(11-15)22(30)14-29-24(31)23-18(4)28(17(3)21(23)10-26-29)13-19-5-7-20(25)8-6-19/h5-8,10,15-16H,9,11-14H2,1-4H3. The minimum Gasteiger partial charge on any atom is -0.343 e. The van der Waals surface area contributed by atoms with Crippen LogP contribution in [-0.4, -0.2) is 38.2 Å². The number of carbonyl (C=O) groups is 1. The number of likely N-dealkylation sites (tertiary alicyclic amines) is 1. The van der Waals surface area contributed by atoms with Gasteiger partial charge in [0.1, 0.15) is 12.4 Å². The fourth-order valence-corrected chi connectivity index (χ4v) is 4.86. The zero-order chi connectivity index (χ0) is 22.3. The van der Waals surface area contributed by atoms with Crippen LogP contribution in [0.1, 0.15) is 37.2 Å². The molecule has 164 valence electrons. The van der Waals surface area contributed by atoms with Crippen molar-refractivity contribution in [2.45, 2.75) is 47.2 Å². The molecule has 0 spiro atoms. The van der Waals surface area contributed by atoms with Gasteiger partial charge in [0, 0.05) is 36.4 Å². The van der Waals surface area contributed by atoms with Crippen molar-refractivity contribution in [2.75, 3.05) is 13.1 Å². The molecular weight excluding hydrogens is 395 g/mol. The van der Waals surface area contributed by atoms with Gasteiger partial charge >= 0.3 is 0 Å². The molecule has 2 aromatic heterocycles. The molecule has 0 bridgehead atoms. The highest BCUT2D eigenvalue weighted by atomic mass is 19.1. The Morgan fingerprint density at radius 3 is 2.39 bits per heavy atom. The van der Waals surface area contributed by atoms with Crippen LogP contribution in [0.4, 0.5) is 4.39 Å². The minimum atomic E-state index is -0.274. The van der Waals surface area contributed by atoms with Crippen LogP contribution in [0.3, 0.4) is 0 Å². The second kappa shape index (κ2) is 8.29. The zero-order valence-electron chi connectivity index (χ0n) is 18.6. The topological polar surface area (TPSA) is 60.1 Å². The maximum atomic E-state index is 13.2. The van der Waals surface area contributed by atoms with Crippen molar-refractivity contribution in [1.29, 1.82) is 0 Å². The van der Waals surface area contributed by atoms with Crippen molar-refractivity contribution in [3.63, 3.8) is 0 Å². The highest BCUT2D eigenvalue weighted by molar-refractivity contribution is 5.87. The van der Waals surface area contributed by atoms with Crippen molar-refractivity contribution in [3.8, 4) is 0 Å². The number of aryl methyl sites for hydroxylation is 2. The van der Waals surface area contributed by atoms with E-state index in [0.29, 0.717) is 23.8 Å². The van der Waals surface area contributed by atoms with Crippen LogP contribution in [0.2, 0.25) is 0 Å². The van der Waals surface area contributed by atoms with Crippen LogP contribution in [0.15, 0.2) is 35.3 Å². The normalized spacial score (nSPS) is 19.2. The van der Waals surface area contributed by atoms with Gasteiger partial charge in [0.15, 0.2) is 0 Å². The zero-order valence-corrected chi connectivity index (χ0v) is 18.6. The van der Waals surface area contributed by atoms with Gasteiger partial charge < -0.3 is 9.47 Å². The van der Waals surface area contributed by atoms with E-state index in [9.17, 15) is 14.0 Å². The third-order valence-electron chi connectivity index (χ3n) is 6.37. The molecule has 0 N–H and O–H groups in total. The lowest BCUT2D eigenvalue weighted by atomic mass is 9.92. The molecule has 4 rings (SSSR count). The second-order valence-electron chi connectivity index (χ2n) is 9.02. The van der Waals surface area contributed by atoms with E-state index in [-0.39, 0.29) is 23.8 Å². The summed E-state index contributed by atoms with van der Waals surface area (Å²) in [4.78, 5) is 27.9. The predicted molar refractivity (Wildman–Crippen MR) is 118 cm³/mol. The summed E-state index contributed by atoms with van der Waals surface area (Å²) in [7, 11) is 0. The monoisotopic (exact) mass is 424 g/mol. The van der Waals surface area contributed by atoms with E-state index < -0.39 is 0 Å². The Bertz CT molecular complexity index is 1170. The summed E-state index contributed by atoms with van der Waals surface area (Å²) in [6, 6.07) is 6.36. The van der Waals surface area contributed by atoms with Crippen LogP contribution in [0, 0.1) is 31.5 Å².